The van der Waals surface area contributed by atoms with Crippen molar-refractivity contribution >= 4 is 92.7 Å². The molecular weight excluding hydrogens is 1120 g/mol. The summed E-state index contributed by atoms with van der Waals surface area (Å²) < 4.78 is 15.4. The Morgan fingerprint density at radius 1 is 0.209 bits per heavy atom. The fourth-order valence-corrected chi connectivity index (χ4v) is 13.2. The number of aromatic nitrogens is 10. The molecule has 0 aliphatic rings. The van der Waals surface area contributed by atoms with Crippen LogP contribution in [0.4, 0.5) is 0 Å². The highest BCUT2D eigenvalue weighted by Gasteiger charge is 2.25. The van der Waals surface area contributed by atoms with Crippen LogP contribution in [0.5, 0.6) is 0 Å². The molecule has 0 fully saturated rings. The molecule has 12 nitrogen and oxygen atoms in total. The molecule has 0 aliphatic heterocycles. The van der Waals surface area contributed by atoms with Crippen molar-refractivity contribution in [2.45, 2.75) is 0 Å². The van der Waals surface area contributed by atoms with E-state index in [1.165, 1.54) is 0 Å². The zero-order valence-electron chi connectivity index (χ0n) is 48.2. The molecule has 19 rings (SSSR count). The molecule has 0 saturated carbocycles. The molecule has 0 saturated heterocycles. The van der Waals surface area contributed by atoms with Gasteiger partial charge >= 0.3 is 0 Å². The number of hydrogen-bond donors (Lipinski definition) is 0. The average molecular weight is 1170 g/mol. The van der Waals surface area contributed by atoms with Crippen LogP contribution in [0.25, 0.3) is 195 Å². The van der Waals surface area contributed by atoms with Gasteiger partial charge in [-0.2, -0.15) is 0 Å². The fraction of sp³-hybridized carbons (Fsp3) is 0. The van der Waals surface area contributed by atoms with E-state index in [9.17, 15) is 0 Å². The first-order valence-corrected chi connectivity index (χ1v) is 30.1. The van der Waals surface area contributed by atoms with E-state index in [4.69, 9.17) is 53.7 Å². The molecule has 91 heavy (non-hydrogen) atoms. The summed E-state index contributed by atoms with van der Waals surface area (Å²) >= 11 is 0. The van der Waals surface area contributed by atoms with E-state index in [1.807, 2.05) is 170 Å². The van der Waals surface area contributed by atoms with E-state index in [1.54, 1.807) is 0 Å². The van der Waals surface area contributed by atoms with E-state index < -0.39 is 0 Å². The van der Waals surface area contributed by atoms with Crippen LogP contribution in [0.15, 0.2) is 276 Å². The Morgan fingerprint density at radius 3 is 1.07 bits per heavy atom. The molecule has 0 aliphatic carbocycles. The van der Waals surface area contributed by atoms with Crippen molar-refractivity contribution in [3.05, 3.63) is 267 Å². The first kappa shape index (κ1) is 50.5. The Morgan fingerprint density at radius 2 is 0.571 bits per heavy atom. The number of para-hydroxylation sites is 2. The first-order chi connectivity index (χ1) is 45.0. The number of pyridine rings is 1. The van der Waals surface area contributed by atoms with Crippen LogP contribution in [-0.2, 0) is 0 Å². The highest BCUT2D eigenvalue weighted by molar-refractivity contribution is 6.29. The summed E-state index contributed by atoms with van der Waals surface area (Å²) in [6, 6.07) is 90.8. The molecule has 19 aromatic rings. The smallest absolute Gasteiger partial charge is 0.164 e. The van der Waals surface area contributed by atoms with Crippen molar-refractivity contribution in [3.63, 3.8) is 0 Å². The van der Waals surface area contributed by atoms with Crippen LogP contribution >= 0.6 is 0 Å². The molecule has 12 aromatic carbocycles. The molecule has 0 atom stereocenters. The lowest BCUT2D eigenvalue weighted by molar-refractivity contribution is 0.668. The van der Waals surface area contributed by atoms with E-state index in [-0.39, 0.29) is 0 Å². The van der Waals surface area contributed by atoms with Crippen LogP contribution in [0.1, 0.15) is 0 Å². The minimum absolute atomic E-state index is 0.487. The van der Waals surface area contributed by atoms with Gasteiger partial charge in [-0.25, -0.2) is 44.9 Å². The van der Waals surface area contributed by atoms with Gasteiger partial charge in [0, 0.05) is 93.2 Å². The summed E-state index contributed by atoms with van der Waals surface area (Å²) in [6.45, 7) is 0. The van der Waals surface area contributed by atoms with Crippen LogP contribution in [0.3, 0.4) is 0 Å². The maximum atomic E-state index is 6.48. The third-order valence-electron chi connectivity index (χ3n) is 17.5. The van der Waals surface area contributed by atoms with E-state index in [0.717, 1.165) is 143 Å². The average Bonchev–Trinajstić information content (AvgIpc) is 1.88. The number of hydrogen-bond acceptors (Lipinski definition) is 11. The summed E-state index contributed by atoms with van der Waals surface area (Å²) in [5, 5.41) is 10.1. The standard InChI is InChI=1S/C79H44N10O2/c1-5-18-45(19-6-1)71-80-72(46-20-7-2-8-21-46)83-75(82-71)49-34-39-63-60(40-49)62-42-52(78-85-76(50-32-35-55-53-26-13-15-30-65(53)90-67(55)43-50)84-77(86-78)51-33-36-56-54-27-14-16-31-66(54)91-68(56)44-51)41-61-58-37-38-59(57-28-17-29-64(69(57)58)89(63)70(61)62)79-87-73(47-22-9-3-10-23-47)81-74(88-79)48-24-11-4-12-25-48/h1-44H. The van der Waals surface area contributed by atoms with Crippen LogP contribution in [0.2, 0.25) is 0 Å². The quantitative estimate of drug-likeness (QED) is 0.100. The van der Waals surface area contributed by atoms with Gasteiger partial charge < -0.3 is 13.2 Å². The fourth-order valence-electron chi connectivity index (χ4n) is 13.2. The van der Waals surface area contributed by atoms with Gasteiger partial charge in [0.2, 0.25) is 0 Å². The zero-order chi connectivity index (χ0) is 59.7. The van der Waals surface area contributed by atoms with E-state index in [2.05, 4.69) is 101 Å². The lowest BCUT2D eigenvalue weighted by Gasteiger charge is -2.16. The molecule has 0 N–H and O–H groups in total. The Labute approximate surface area is 517 Å². The summed E-state index contributed by atoms with van der Waals surface area (Å²) in [5.74, 6) is 4.92. The summed E-state index contributed by atoms with van der Waals surface area (Å²) in [5.41, 5.74) is 13.8. The van der Waals surface area contributed by atoms with Gasteiger partial charge in [-0.1, -0.05) is 188 Å². The molecule has 0 amide bonds. The van der Waals surface area contributed by atoms with Gasteiger partial charge in [0.05, 0.1) is 16.6 Å². The van der Waals surface area contributed by atoms with Gasteiger partial charge in [-0.3, -0.25) is 0 Å². The van der Waals surface area contributed by atoms with Gasteiger partial charge in [-0.05, 0) is 89.6 Å². The number of benzene rings is 12. The minimum atomic E-state index is 0.487. The molecule has 0 spiro atoms. The number of fused-ring (bicyclic) bond motifs is 11. The van der Waals surface area contributed by atoms with E-state index in [0.29, 0.717) is 52.4 Å². The van der Waals surface area contributed by atoms with Crippen LogP contribution < -0.4 is 0 Å². The van der Waals surface area contributed by atoms with Crippen molar-refractivity contribution in [1.29, 1.82) is 0 Å². The van der Waals surface area contributed by atoms with Gasteiger partial charge in [-0.15, -0.1) is 0 Å². The van der Waals surface area contributed by atoms with Crippen LogP contribution in [-0.4, -0.2) is 49.3 Å². The summed E-state index contributed by atoms with van der Waals surface area (Å²) in [6.07, 6.45) is 0. The van der Waals surface area contributed by atoms with E-state index >= 15 is 0 Å². The minimum Gasteiger partial charge on any atom is -0.456 e. The zero-order valence-corrected chi connectivity index (χ0v) is 48.2. The summed E-state index contributed by atoms with van der Waals surface area (Å²) in [7, 11) is 0. The third kappa shape index (κ3) is 8.20. The van der Waals surface area contributed by atoms with Gasteiger partial charge in [0.1, 0.15) is 22.3 Å². The molecule has 0 bridgehead atoms. The topological polar surface area (TPSA) is 147 Å². The lowest BCUT2D eigenvalue weighted by Crippen LogP contribution is -2.01. The highest BCUT2D eigenvalue weighted by Crippen LogP contribution is 2.46. The van der Waals surface area contributed by atoms with Crippen molar-refractivity contribution in [3.8, 4) is 102 Å². The predicted molar refractivity (Wildman–Crippen MR) is 362 cm³/mol. The molecule has 0 radical (unpaired) electrons. The predicted octanol–water partition coefficient (Wildman–Crippen LogP) is 19.3. The van der Waals surface area contributed by atoms with Crippen molar-refractivity contribution in [1.82, 2.24) is 49.3 Å². The Kier molecular flexibility index (Phi) is 11.1. The van der Waals surface area contributed by atoms with Crippen LogP contribution in [0, 0.1) is 0 Å². The SMILES string of the molecule is c1ccc(-c2nc(-c3ccccc3)nc(-c3ccc4c(c3)c3cc(-c5nc(-c6ccc7c(c6)oc6ccccc67)nc(-c6ccc7c(c6)oc6ccccc67)n5)cc5c6ccc(-c7nc(-c8ccccc8)nc(-c8ccccc8)n7)c7cccc(c76)n4c53)n2)cc1. The van der Waals surface area contributed by atoms with Crippen molar-refractivity contribution in [2.24, 2.45) is 0 Å². The normalized spacial score (nSPS) is 12.0. The first-order valence-electron chi connectivity index (χ1n) is 30.1. The van der Waals surface area contributed by atoms with Crippen molar-refractivity contribution < 1.29 is 8.83 Å². The molecule has 7 aromatic heterocycles. The number of rotatable bonds is 9. The van der Waals surface area contributed by atoms with Gasteiger partial charge in [0.25, 0.3) is 0 Å². The maximum absolute atomic E-state index is 6.48. The maximum Gasteiger partial charge on any atom is 0.164 e. The molecule has 12 heteroatoms. The summed E-state index contributed by atoms with van der Waals surface area (Å²) in [4.78, 5) is 47.3. The molecule has 422 valence electrons. The second-order valence-corrected chi connectivity index (χ2v) is 22.8. The second-order valence-electron chi connectivity index (χ2n) is 22.8. The number of nitrogens with zero attached hydrogens (tertiary/aromatic N) is 10. The number of furan rings is 2. The van der Waals surface area contributed by atoms with Crippen molar-refractivity contribution in [2.75, 3.05) is 0 Å². The second kappa shape index (κ2) is 19.9. The Bertz CT molecular complexity index is 5900. The monoisotopic (exact) mass is 1160 g/mol. The lowest BCUT2D eigenvalue weighted by atomic mass is 9.94. The Hall–Kier alpha value is -12.7. The molecule has 7 heterocycles. The largest absolute Gasteiger partial charge is 0.456 e. The third-order valence-corrected chi connectivity index (χ3v) is 17.5. The Balaban J connectivity index is 0.884. The molecular formula is C79H44N10O2. The molecule has 0 unspecified atom stereocenters. The highest BCUT2D eigenvalue weighted by atomic mass is 16.3. The van der Waals surface area contributed by atoms with Gasteiger partial charge in [0.15, 0.2) is 52.4 Å².